The van der Waals surface area contributed by atoms with Gasteiger partial charge in [0.05, 0.1) is 11.8 Å². The molecule has 2 aliphatic rings. The van der Waals surface area contributed by atoms with E-state index in [0.717, 1.165) is 51.0 Å². The highest BCUT2D eigenvalue weighted by Crippen LogP contribution is 2.49. The van der Waals surface area contributed by atoms with Crippen LogP contribution in [-0.2, 0) is 16.1 Å². The molecule has 1 saturated heterocycles. The monoisotopic (exact) mass is 414 g/mol. The second-order valence-electron chi connectivity index (χ2n) is 8.54. The van der Waals surface area contributed by atoms with Crippen molar-refractivity contribution < 1.29 is 9.59 Å². The summed E-state index contributed by atoms with van der Waals surface area (Å²) in [7, 11) is 0. The Balaban J connectivity index is 1.73. The van der Waals surface area contributed by atoms with Crippen molar-refractivity contribution in [3.05, 3.63) is 18.0 Å². The zero-order chi connectivity index (χ0) is 21.6. The van der Waals surface area contributed by atoms with E-state index in [-0.39, 0.29) is 17.2 Å². The van der Waals surface area contributed by atoms with Gasteiger partial charge in [-0.25, -0.2) is 0 Å². The molecule has 1 aromatic heterocycles. The SMILES string of the molecule is CCNC(=O)C(c1ccn(CC)n1)N1CCN(C(=O)CCCCC#N)CC2(CC2)C1. The molecule has 1 N–H and O–H groups in total. The highest BCUT2D eigenvalue weighted by atomic mass is 16.2. The molecular weight excluding hydrogens is 380 g/mol. The van der Waals surface area contributed by atoms with Crippen molar-refractivity contribution in [2.45, 2.75) is 65.0 Å². The Bertz CT molecular complexity index is 779. The molecule has 0 bridgehead atoms. The number of unbranched alkanes of at least 4 members (excludes halogenated alkanes) is 2. The normalized spacial score (nSPS) is 19.2. The van der Waals surface area contributed by atoms with E-state index in [4.69, 9.17) is 5.26 Å². The van der Waals surface area contributed by atoms with Gasteiger partial charge >= 0.3 is 0 Å². The summed E-state index contributed by atoms with van der Waals surface area (Å²) >= 11 is 0. The van der Waals surface area contributed by atoms with Crippen molar-refractivity contribution in [1.29, 1.82) is 5.26 Å². The Morgan fingerprint density at radius 3 is 2.70 bits per heavy atom. The summed E-state index contributed by atoms with van der Waals surface area (Å²) in [6.45, 7) is 8.17. The third-order valence-corrected chi connectivity index (χ3v) is 6.19. The summed E-state index contributed by atoms with van der Waals surface area (Å²) in [4.78, 5) is 30.0. The molecule has 8 nitrogen and oxygen atoms in total. The fourth-order valence-corrected chi connectivity index (χ4v) is 4.32. The minimum atomic E-state index is -0.430. The molecule has 0 aromatic carbocycles. The van der Waals surface area contributed by atoms with Gasteiger partial charge in [-0.05, 0) is 45.6 Å². The quantitative estimate of drug-likeness (QED) is 0.625. The first kappa shape index (κ1) is 22.3. The maximum Gasteiger partial charge on any atom is 0.243 e. The predicted octanol–water partition coefficient (Wildman–Crippen LogP) is 2.09. The number of carbonyl (C=O) groups excluding carboxylic acids is 2. The van der Waals surface area contributed by atoms with E-state index < -0.39 is 6.04 Å². The topological polar surface area (TPSA) is 94.3 Å². The van der Waals surface area contributed by atoms with Crippen LogP contribution in [0.25, 0.3) is 0 Å². The Hall–Kier alpha value is -2.40. The van der Waals surface area contributed by atoms with Crippen LogP contribution in [0.3, 0.4) is 0 Å². The summed E-state index contributed by atoms with van der Waals surface area (Å²) in [5.74, 6) is 0.150. The van der Waals surface area contributed by atoms with Crippen LogP contribution in [0, 0.1) is 16.7 Å². The summed E-state index contributed by atoms with van der Waals surface area (Å²) in [6, 6.07) is 3.64. The average Bonchev–Trinajstić information content (AvgIpc) is 3.38. The molecule has 1 atom stereocenters. The van der Waals surface area contributed by atoms with Crippen LogP contribution < -0.4 is 5.32 Å². The lowest BCUT2D eigenvalue weighted by atomic mass is 10.0. The molecule has 30 heavy (non-hydrogen) atoms. The van der Waals surface area contributed by atoms with Crippen LogP contribution >= 0.6 is 0 Å². The van der Waals surface area contributed by atoms with Gasteiger partial charge in [-0.1, -0.05) is 0 Å². The van der Waals surface area contributed by atoms with Gasteiger partial charge in [0.25, 0.3) is 0 Å². The fraction of sp³-hybridized carbons (Fsp3) is 0.727. The minimum absolute atomic E-state index is 0.0223. The third-order valence-electron chi connectivity index (χ3n) is 6.19. The summed E-state index contributed by atoms with van der Waals surface area (Å²) in [5.41, 5.74) is 0.867. The summed E-state index contributed by atoms with van der Waals surface area (Å²) < 4.78 is 1.85. The van der Waals surface area contributed by atoms with Crippen molar-refractivity contribution in [2.24, 2.45) is 5.41 Å². The van der Waals surface area contributed by atoms with Gasteiger partial charge < -0.3 is 10.2 Å². The molecule has 1 aliphatic heterocycles. The van der Waals surface area contributed by atoms with E-state index in [1.54, 1.807) is 0 Å². The second kappa shape index (κ2) is 10.1. The number of hydrogen-bond donors (Lipinski definition) is 1. The molecule has 2 amide bonds. The van der Waals surface area contributed by atoms with Crippen molar-refractivity contribution in [3.63, 3.8) is 0 Å². The van der Waals surface area contributed by atoms with E-state index in [0.29, 0.717) is 32.5 Å². The van der Waals surface area contributed by atoms with E-state index in [1.807, 2.05) is 35.7 Å². The van der Waals surface area contributed by atoms with Crippen molar-refractivity contribution >= 4 is 11.8 Å². The van der Waals surface area contributed by atoms with Gasteiger partial charge in [0.1, 0.15) is 6.04 Å². The zero-order valence-electron chi connectivity index (χ0n) is 18.3. The Kier molecular flexibility index (Phi) is 7.48. The third kappa shape index (κ3) is 5.39. The average molecular weight is 415 g/mol. The highest BCUT2D eigenvalue weighted by molar-refractivity contribution is 5.82. The number of rotatable bonds is 9. The number of aromatic nitrogens is 2. The molecule has 3 rings (SSSR count). The molecule has 1 aliphatic carbocycles. The molecule has 1 aromatic rings. The first-order valence-electron chi connectivity index (χ1n) is 11.2. The van der Waals surface area contributed by atoms with E-state index in [1.165, 1.54) is 0 Å². The maximum absolute atomic E-state index is 13.0. The first-order valence-corrected chi connectivity index (χ1v) is 11.2. The highest BCUT2D eigenvalue weighted by Gasteiger charge is 2.49. The van der Waals surface area contributed by atoms with Crippen molar-refractivity contribution in [2.75, 3.05) is 32.7 Å². The smallest absolute Gasteiger partial charge is 0.243 e. The van der Waals surface area contributed by atoms with Crippen molar-refractivity contribution in [1.82, 2.24) is 24.9 Å². The molecule has 1 saturated carbocycles. The van der Waals surface area contributed by atoms with E-state index in [2.05, 4.69) is 21.4 Å². The lowest BCUT2D eigenvalue weighted by molar-refractivity contribution is -0.131. The Labute approximate surface area is 179 Å². The molecule has 1 unspecified atom stereocenters. The molecule has 8 heteroatoms. The largest absolute Gasteiger partial charge is 0.355 e. The lowest BCUT2D eigenvalue weighted by Gasteiger charge is -2.30. The maximum atomic E-state index is 13.0. The molecule has 1 spiro atoms. The number of nitrogens with one attached hydrogen (secondary N) is 1. The number of carbonyl (C=O) groups is 2. The molecule has 2 heterocycles. The van der Waals surface area contributed by atoms with Crippen LogP contribution in [0.2, 0.25) is 0 Å². The predicted molar refractivity (Wildman–Crippen MR) is 113 cm³/mol. The summed E-state index contributed by atoms with van der Waals surface area (Å²) in [5, 5.41) is 16.3. The number of nitriles is 1. The standard InChI is InChI=1S/C22H34N6O2/c1-3-24-21(30)20(18-9-13-28(4-2)25-18)27-15-14-26(16-22(17-27)10-11-22)19(29)8-6-5-7-12-23/h9,13,20H,3-8,10-11,14-17H2,1-2H3,(H,24,30). The number of amides is 2. The number of likely N-dealkylation sites (N-methyl/N-ethyl adjacent to an activating group) is 1. The lowest BCUT2D eigenvalue weighted by Crippen LogP contribution is -2.43. The van der Waals surface area contributed by atoms with Gasteiger partial charge in [-0.15, -0.1) is 0 Å². The summed E-state index contributed by atoms with van der Waals surface area (Å²) in [6.07, 6.45) is 6.63. The molecule has 0 radical (unpaired) electrons. The van der Waals surface area contributed by atoms with Crippen LogP contribution in [0.1, 0.15) is 64.1 Å². The Morgan fingerprint density at radius 1 is 1.27 bits per heavy atom. The second-order valence-corrected chi connectivity index (χ2v) is 8.54. The minimum Gasteiger partial charge on any atom is -0.355 e. The van der Waals surface area contributed by atoms with Gasteiger partial charge in [-0.2, -0.15) is 10.4 Å². The molecule has 2 fully saturated rings. The molecular formula is C22H34N6O2. The van der Waals surface area contributed by atoms with E-state index >= 15 is 0 Å². The number of aryl methyl sites for hydroxylation is 1. The van der Waals surface area contributed by atoms with Crippen molar-refractivity contribution in [3.8, 4) is 6.07 Å². The van der Waals surface area contributed by atoms with Gasteiger partial charge in [0.2, 0.25) is 11.8 Å². The Morgan fingerprint density at radius 2 is 2.07 bits per heavy atom. The van der Waals surface area contributed by atoms with Gasteiger partial charge in [0.15, 0.2) is 0 Å². The van der Waals surface area contributed by atoms with Gasteiger partial charge in [-0.3, -0.25) is 19.2 Å². The fourth-order valence-electron chi connectivity index (χ4n) is 4.32. The van der Waals surface area contributed by atoms with Crippen LogP contribution in [0.4, 0.5) is 0 Å². The van der Waals surface area contributed by atoms with Crippen LogP contribution in [0.15, 0.2) is 12.3 Å². The van der Waals surface area contributed by atoms with Crippen LogP contribution in [-0.4, -0.2) is 64.1 Å². The first-order chi connectivity index (χ1) is 14.5. The zero-order valence-corrected chi connectivity index (χ0v) is 18.3. The number of hydrogen-bond acceptors (Lipinski definition) is 5. The van der Waals surface area contributed by atoms with E-state index in [9.17, 15) is 9.59 Å². The number of nitrogens with zero attached hydrogens (tertiary/aromatic N) is 5. The van der Waals surface area contributed by atoms with Gasteiger partial charge in [0, 0.05) is 63.7 Å². The van der Waals surface area contributed by atoms with Crippen LogP contribution in [0.5, 0.6) is 0 Å². The molecule has 164 valence electrons.